The molecule has 0 amide bonds. The van der Waals surface area contributed by atoms with Crippen molar-refractivity contribution in [1.82, 2.24) is 0 Å². The van der Waals surface area contributed by atoms with Crippen molar-refractivity contribution in [1.29, 1.82) is 0 Å². The maximum Gasteiger partial charge on any atom is 0.530 e. The number of benzene rings is 1. The molecule has 108 valence electrons. The molecule has 0 radical (unpaired) electrons. The van der Waals surface area contributed by atoms with Gasteiger partial charge >= 0.3 is 7.82 Å². The van der Waals surface area contributed by atoms with E-state index in [9.17, 15) is 4.57 Å². The molecule has 0 aliphatic carbocycles. The third-order valence-corrected chi connectivity index (χ3v) is 4.05. The lowest BCUT2D eigenvalue weighted by Gasteiger charge is -2.24. The molecule has 5 heteroatoms. The van der Waals surface area contributed by atoms with Gasteiger partial charge in [0.25, 0.3) is 0 Å². The first kappa shape index (κ1) is 16.2. The summed E-state index contributed by atoms with van der Waals surface area (Å²) < 4.78 is 28.3. The zero-order valence-corrected chi connectivity index (χ0v) is 13.2. The second-order valence-electron chi connectivity index (χ2n) is 5.12. The van der Waals surface area contributed by atoms with Crippen LogP contribution in [0.2, 0.25) is 0 Å². The van der Waals surface area contributed by atoms with Gasteiger partial charge in [-0.15, -0.1) is 0 Å². The van der Waals surface area contributed by atoms with Crippen LogP contribution in [0, 0.1) is 0 Å². The maximum absolute atomic E-state index is 12.4. The van der Waals surface area contributed by atoms with Gasteiger partial charge in [0.2, 0.25) is 0 Å². The van der Waals surface area contributed by atoms with Crippen LogP contribution in [0.3, 0.4) is 0 Å². The first-order valence-electron chi connectivity index (χ1n) is 6.50. The van der Waals surface area contributed by atoms with Crippen molar-refractivity contribution in [3.63, 3.8) is 0 Å². The minimum atomic E-state index is -3.54. The van der Waals surface area contributed by atoms with Gasteiger partial charge in [-0.1, -0.05) is 39.0 Å². The van der Waals surface area contributed by atoms with E-state index < -0.39 is 7.82 Å². The van der Waals surface area contributed by atoms with E-state index in [4.69, 9.17) is 13.6 Å². The molecule has 0 aliphatic heterocycles. The van der Waals surface area contributed by atoms with Crippen molar-refractivity contribution in [3.8, 4) is 5.75 Å². The Kier molecular flexibility index (Phi) is 5.60. The van der Waals surface area contributed by atoms with Crippen molar-refractivity contribution >= 4 is 7.82 Å². The van der Waals surface area contributed by atoms with Crippen molar-refractivity contribution < 1.29 is 18.1 Å². The average Bonchev–Trinajstić information content (AvgIpc) is 2.28. The predicted molar refractivity (Wildman–Crippen MR) is 76.6 cm³/mol. The minimum absolute atomic E-state index is 0.111. The van der Waals surface area contributed by atoms with E-state index in [1.165, 1.54) is 0 Å². The van der Waals surface area contributed by atoms with Crippen LogP contribution in [-0.4, -0.2) is 13.2 Å². The molecule has 0 spiro atoms. The van der Waals surface area contributed by atoms with Crippen LogP contribution in [0.1, 0.15) is 40.2 Å². The lowest BCUT2D eigenvalue weighted by atomic mass is 9.86. The predicted octanol–water partition coefficient (Wildman–Crippen LogP) is 4.54. The highest BCUT2D eigenvalue weighted by molar-refractivity contribution is 7.48. The highest BCUT2D eigenvalue weighted by Crippen LogP contribution is 2.51. The van der Waals surface area contributed by atoms with Gasteiger partial charge in [0.15, 0.2) is 0 Å². The van der Waals surface area contributed by atoms with Crippen LogP contribution in [0.5, 0.6) is 5.75 Å². The maximum atomic E-state index is 12.4. The van der Waals surface area contributed by atoms with Crippen LogP contribution >= 0.6 is 7.82 Å². The lowest BCUT2D eigenvalue weighted by Crippen LogP contribution is -2.13. The third-order valence-electron chi connectivity index (χ3n) is 2.48. The SMILES string of the molecule is CCOP(=O)(OCC)Oc1ccccc1C(C)(C)C. The van der Waals surface area contributed by atoms with Crippen molar-refractivity contribution in [2.75, 3.05) is 13.2 Å². The van der Waals surface area contributed by atoms with Gasteiger partial charge in [0.1, 0.15) is 5.75 Å². The fourth-order valence-electron chi connectivity index (χ4n) is 1.69. The Morgan fingerprint density at radius 2 is 1.58 bits per heavy atom. The number of hydrogen-bond acceptors (Lipinski definition) is 4. The molecular formula is C14H23O4P. The Bertz CT molecular complexity index is 441. The van der Waals surface area contributed by atoms with Crippen LogP contribution in [-0.2, 0) is 19.0 Å². The zero-order valence-electron chi connectivity index (χ0n) is 12.3. The molecule has 0 fully saturated rings. The van der Waals surface area contributed by atoms with Gasteiger partial charge in [-0.3, -0.25) is 9.05 Å². The summed E-state index contributed by atoms with van der Waals surface area (Å²) in [6, 6.07) is 7.51. The number of phosphoric ester groups is 1. The Morgan fingerprint density at radius 3 is 2.05 bits per heavy atom. The number of rotatable bonds is 6. The van der Waals surface area contributed by atoms with Crippen LogP contribution in [0.25, 0.3) is 0 Å². The van der Waals surface area contributed by atoms with Crippen molar-refractivity contribution in [2.24, 2.45) is 0 Å². The van der Waals surface area contributed by atoms with E-state index in [1.54, 1.807) is 19.9 Å². The van der Waals surface area contributed by atoms with Crippen molar-refractivity contribution in [2.45, 2.75) is 40.0 Å². The molecule has 0 N–H and O–H groups in total. The molecule has 1 rings (SSSR count). The van der Waals surface area contributed by atoms with Crippen LogP contribution < -0.4 is 4.52 Å². The molecule has 1 aromatic rings. The number of para-hydroxylation sites is 1. The molecule has 0 saturated carbocycles. The molecule has 19 heavy (non-hydrogen) atoms. The third kappa shape index (κ3) is 4.64. The fourth-order valence-corrected chi connectivity index (χ4v) is 2.91. The Morgan fingerprint density at radius 1 is 1.05 bits per heavy atom. The van der Waals surface area contributed by atoms with Gasteiger partial charge in [-0.2, -0.15) is 0 Å². The molecular weight excluding hydrogens is 263 g/mol. The summed E-state index contributed by atoms with van der Waals surface area (Å²) in [5, 5.41) is 0. The number of phosphoric acid groups is 1. The summed E-state index contributed by atoms with van der Waals surface area (Å²) in [6.45, 7) is 10.3. The van der Waals surface area contributed by atoms with Gasteiger partial charge < -0.3 is 4.52 Å². The summed E-state index contributed by atoms with van der Waals surface area (Å²) in [6.07, 6.45) is 0. The Hall–Kier alpha value is -0.830. The van der Waals surface area contributed by atoms with E-state index >= 15 is 0 Å². The molecule has 0 aliphatic rings. The van der Waals surface area contributed by atoms with E-state index in [0.29, 0.717) is 5.75 Å². The summed E-state index contributed by atoms with van der Waals surface area (Å²) in [5.41, 5.74) is 0.856. The minimum Gasteiger partial charge on any atom is -0.404 e. The van der Waals surface area contributed by atoms with Gasteiger partial charge in [-0.25, -0.2) is 4.57 Å². The first-order chi connectivity index (χ1) is 8.82. The molecule has 0 aromatic heterocycles. The van der Waals surface area contributed by atoms with E-state index in [2.05, 4.69) is 20.8 Å². The summed E-state index contributed by atoms with van der Waals surface area (Å²) in [5.74, 6) is 0.542. The van der Waals surface area contributed by atoms with E-state index in [-0.39, 0.29) is 18.6 Å². The summed E-state index contributed by atoms with van der Waals surface area (Å²) in [4.78, 5) is 0. The molecule has 0 saturated heterocycles. The highest BCUT2D eigenvalue weighted by Gasteiger charge is 2.30. The summed E-state index contributed by atoms with van der Waals surface area (Å²) >= 11 is 0. The van der Waals surface area contributed by atoms with Crippen molar-refractivity contribution in [3.05, 3.63) is 29.8 Å². The Balaban J connectivity index is 3.07. The smallest absolute Gasteiger partial charge is 0.404 e. The standard InChI is InChI=1S/C14H23O4P/c1-6-16-19(15,17-7-2)18-13-11-9-8-10-12(13)14(3,4)5/h8-11H,6-7H2,1-5H3. The molecule has 0 atom stereocenters. The quantitative estimate of drug-likeness (QED) is 0.720. The Labute approximate surface area is 115 Å². The van der Waals surface area contributed by atoms with Gasteiger partial charge in [0, 0.05) is 5.56 Å². The van der Waals surface area contributed by atoms with Gasteiger partial charge in [-0.05, 0) is 25.3 Å². The van der Waals surface area contributed by atoms with Gasteiger partial charge in [0.05, 0.1) is 13.2 Å². The molecule has 0 unspecified atom stereocenters. The zero-order chi connectivity index (χ0) is 14.5. The topological polar surface area (TPSA) is 44.8 Å². The second-order valence-corrected chi connectivity index (χ2v) is 6.71. The highest BCUT2D eigenvalue weighted by atomic mass is 31.2. The van der Waals surface area contributed by atoms with E-state index in [1.807, 2.05) is 18.2 Å². The molecule has 1 aromatic carbocycles. The number of hydrogen-bond donors (Lipinski definition) is 0. The molecule has 4 nitrogen and oxygen atoms in total. The second kappa shape index (κ2) is 6.56. The first-order valence-corrected chi connectivity index (χ1v) is 7.96. The normalized spacial score (nSPS) is 12.5. The largest absolute Gasteiger partial charge is 0.530 e. The summed E-state index contributed by atoms with van der Waals surface area (Å²) in [7, 11) is -3.54. The van der Waals surface area contributed by atoms with Crippen LogP contribution in [0.15, 0.2) is 24.3 Å². The monoisotopic (exact) mass is 286 g/mol. The van der Waals surface area contributed by atoms with Crippen LogP contribution in [0.4, 0.5) is 0 Å². The fraction of sp³-hybridized carbons (Fsp3) is 0.571. The average molecular weight is 286 g/mol. The molecule has 0 heterocycles. The lowest BCUT2D eigenvalue weighted by molar-refractivity contribution is 0.167. The van der Waals surface area contributed by atoms with E-state index in [0.717, 1.165) is 5.56 Å². The molecule has 0 bridgehead atoms.